The van der Waals surface area contributed by atoms with Crippen LogP contribution >= 0.6 is 0 Å². The highest BCUT2D eigenvalue weighted by Crippen LogP contribution is 2.30. The van der Waals surface area contributed by atoms with Gasteiger partial charge in [-0.25, -0.2) is 19.2 Å². The number of aromatic amines is 1. The molecule has 4 aromatic rings. The molecule has 3 N–H and O–H groups in total. The van der Waals surface area contributed by atoms with Crippen LogP contribution in [0.2, 0.25) is 0 Å². The third-order valence-electron chi connectivity index (χ3n) is 5.04. The molecule has 29 heavy (non-hydrogen) atoms. The van der Waals surface area contributed by atoms with E-state index in [0.717, 1.165) is 5.39 Å². The molecular formula is C19H17FN6O3. The molecule has 3 heterocycles. The van der Waals surface area contributed by atoms with Crippen molar-refractivity contribution in [2.24, 2.45) is 7.05 Å². The summed E-state index contributed by atoms with van der Waals surface area (Å²) in [5, 5.41) is 17.2. The summed E-state index contributed by atoms with van der Waals surface area (Å²) in [5.74, 6) is -0.113. The molecule has 0 atom stereocenters. The second kappa shape index (κ2) is 6.52. The first-order chi connectivity index (χ1) is 14.0. The highest BCUT2D eigenvalue weighted by molar-refractivity contribution is 5.93. The maximum Gasteiger partial charge on any atom is 0.412 e. The van der Waals surface area contributed by atoms with E-state index in [-0.39, 0.29) is 23.7 Å². The van der Waals surface area contributed by atoms with Crippen LogP contribution in [0.4, 0.5) is 9.18 Å². The summed E-state index contributed by atoms with van der Waals surface area (Å²) < 4.78 is 20.5. The van der Waals surface area contributed by atoms with Crippen LogP contribution in [0, 0.1) is 5.82 Å². The first-order valence-electron chi connectivity index (χ1n) is 9.11. The lowest BCUT2D eigenvalue weighted by molar-refractivity contribution is 0.0631. The lowest BCUT2D eigenvalue weighted by Gasteiger charge is -2.31. The Labute approximate surface area is 163 Å². The van der Waals surface area contributed by atoms with Crippen molar-refractivity contribution >= 4 is 28.2 Å². The number of nitrogens with zero attached hydrogens (tertiary/aromatic N) is 4. The van der Waals surface area contributed by atoms with Crippen molar-refractivity contribution in [1.82, 2.24) is 30.0 Å². The largest absolute Gasteiger partial charge is 0.412 e. The number of carbonyl (C=O) groups excluding carboxylic acids is 1. The zero-order valence-corrected chi connectivity index (χ0v) is 15.4. The molecule has 1 aliphatic carbocycles. The number of aliphatic hydroxyl groups excluding tert-OH is 1. The summed E-state index contributed by atoms with van der Waals surface area (Å²) in [6.45, 7) is 0. The van der Waals surface area contributed by atoms with Crippen LogP contribution < -0.4 is 10.1 Å². The quantitative estimate of drug-likeness (QED) is 0.489. The Hall–Kier alpha value is -3.53. The second-order valence-electron chi connectivity index (χ2n) is 7.10. The molecule has 1 aromatic carbocycles. The second-order valence-corrected chi connectivity index (χ2v) is 7.10. The summed E-state index contributed by atoms with van der Waals surface area (Å²) in [7, 11) is 1.73. The Kier molecular flexibility index (Phi) is 3.95. The molecule has 9 nitrogen and oxygen atoms in total. The minimum absolute atomic E-state index is 0.0929. The number of aliphatic hydroxyl groups is 1. The fourth-order valence-electron chi connectivity index (χ4n) is 3.48. The Bertz CT molecular complexity index is 1240. The van der Waals surface area contributed by atoms with Gasteiger partial charge in [-0.1, -0.05) is 0 Å². The molecule has 0 spiro atoms. The van der Waals surface area contributed by atoms with Gasteiger partial charge in [0.2, 0.25) is 0 Å². The molecule has 0 unspecified atom stereocenters. The number of H-pyrrole nitrogens is 1. The number of hydrogen-bond donors (Lipinski definition) is 3. The van der Waals surface area contributed by atoms with Crippen molar-refractivity contribution in [3.8, 4) is 17.1 Å². The molecule has 0 saturated heterocycles. The average Bonchev–Trinajstić information content (AvgIpc) is 3.21. The molecule has 148 valence electrons. The molecule has 1 fully saturated rings. The van der Waals surface area contributed by atoms with Gasteiger partial charge in [-0.2, -0.15) is 5.10 Å². The van der Waals surface area contributed by atoms with Crippen molar-refractivity contribution in [1.29, 1.82) is 0 Å². The maximum absolute atomic E-state index is 13.6. The number of benzene rings is 1. The molecule has 1 amide bonds. The van der Waals surface area contributed by atoms with Crippen LogP contribution in [-0.4, -0.2) is 48.1 Å². The monoisotopic (exact) mass is 396 g/mol. The third-order valence-corrected chi connectivity index (χ3v) is 5.04. The van der Waals surface area contributed by atoms with Crippen LogP contribution in [0.25, 0.3) is 33.5 Å². The van der Waals surface area contributed by atoms with Gasteiger partial charge < -0.3 is 20.1 Å². The summed E-state index contributed by atoms with van der Waals surface area (Å²) in [6.07, 6.45) is 3.11. The Morgan fingerprint density at radius 2 is 2.24 bits per heavy atom. The molecule has 3 aromatic heterocycles. The van der Waals surface area contributed by atoms with E-state index >= 15 is 0 Å². The first-order valence-corrected chi connectivity index (χ1v) is 9.11. The van der Waals surface area contributed by atoms with Gasteiger partial charge in [0.15, 0.2) is 16.9 Å². The highest BCUT2D eigenvalue weighted by atomic mass is 19.1. The Morgan fingerprint density at radius 1 is 1.41 bits per heavy atom. The Balaban J connectivity index is 1.48. The summed E-state index contributed by atoms with van der Waals surface area (Å²) >= 11 is 0. The molecule has 1 aliphatic rings. The average molecular weight is 396 g/mol. The van der Waals surface area contributed by atoms with E-state index in [1.807, 2.05) is 0 Å². The highest BCUT2D eigenvalue weighted by Gasteiger charge is 2.29. The number of fused-ring (bicyclic) bond motifs is 2. The van der Waals surface area contributed by atoms with Crippen molar-refractivity contribution in [2.75, 3.05) is 0 Å². The number of aromatic nitrogens is 5. The number of carbonyl (C=O) groups is 1. The van der Waals surface area contributed by atoms with Crippen LogP contribution in [0.5, 0.6) is 5.75 Å². The fraction of sp³-hybridized carbons (Fsp3) is 0.263. The summed E-state index contributed by atoms with van der Waals surface area (Å²) in [5.41, 5.74) is 2.50. The maximum atomic E-state index is 13.6. The third kappa shape index (κ3) is 3.07. The van der Waals surface area contributed by atoms with E-state index < -0.39 is 6.09 Å². The number of nitrogens with one attached hydrogen (secondary N) is 2. The van der Waals surface area contributed by atoms with Gasteiger partial charge in [-0.05, 0) is 31.0 Å². The van der Waals surface area contributed by atoms with E-state index in [9.17, 15) is 14.3 Å². The van der Waals surface area contributed by atoms with Gasteiger partial charge in [-0.3, -0.25) is 4.68 Å². The molecule has 0 bridgehead atoms. The summed E-state index contributed by atoms with van der Waals surface area (Å²) in [4.78, 5) is 23.9. The van der Waals surface area contributed by atoms with Gasteiger partial charge in [0.1, 0.15) is 17.2 Å². The molecule has 1 saturated carbocycles. The fourth-order valence-corrected chi connectivity index (χ4v) is 3.48. The van der Waals surface area contributed by atoms with Gasteiger partial charge in [0, 0.05) is 24.7 Å². The standard InChI is InChI=1S/C19H17FN6O3/c1-26-14-4-9(20)2-3-12(14)16(25-26)13-7-21-18-17(24-13)15(8-22-18)29-19(28)23-10-5-11(27)6-10/h2-4,7-8,10-11,27H,5-6H2,1H3,(H,21,22)(H,23,28). The number of hydrogen-bond acceptors (Lipinski definition) is 6. The SMILES string of the molecule is Cn1nc(-c2cnc3[nH]cc(OC(=O)NC4CC(O)C4)c3n2)c2ccc(F)cc21. The van der Waals surface area contributed by atoms with E-state index in [4.69, 9.17) is 4.74 Å². The van der Waals surface area contributed by atoms with Crippen LogP contribution in [0.1, 0.15) is 12.8 Å². The number of ether oxygens (including phenoxy) is 1. The van der Waals surface area contributed by atoms with E-state index in [2.05, 4.69) is 25.4 Å². The molecule has 5 rings (SSSR count). The first kappa shape index (κ1) is 17.6. The molecule has 0 aliphatic heterocycles. The predicted molar refractivity (Wildman–Crippen MR) is 102 cm³/mol. The van der Waals surface area contributed by atoms with E-state index in [1.165, 1.54) is 18.3 Å². The number of rotatable bonds is 3. The predicted octanol–water partition coefficient (Wildman–Crippen LogP) is 2.26. The zero-order valence-electron chi connectivity index (χ0n) is 15.4. The number of aryl methyl sites for hydroxylation is 1. The van der Waals surface area contributed by atoms with Gasteiger partial charge in [-0.15, -0.1) is 0 Å². The van der Waals surface area contributed by atoms with Crippen LogP contribution in [-0.2, 0) is 7.05 Å². The number of halogens is 1. The van der Waals surface area contributed by atoms with Crippen LogP contribution in [0.3, 0.4) is 0 Å². The van der Waals surface area contributed by atoms with Crippen molar-refractivity contribution < 1.29 is 19.0 Å². The van der Waals surface area contributed by atoms with Crippen molar-refractivity contribution in [3.05, 3.63) is 36.4 Å². The minimum Gasteiger partial charge on any atom is -0.406 e. The zero-order chi connectivity index (χ0) is 20.1. The van der Waals surface area contributed by atoms with Gasteiger partial charge >= 0.3 is 6.09 Å². The van der Waals surface area contributed by atoms with Crippen LogP contribution in [0.15, 0.2) is 30.6 Å². The van der Waals surface area contributed by atoms with Crippen molar-refractivity contribution in [2.45, 2.75) is 25.0 Å². The molecular weight excluding hydrogens is 379 g/mol. The van der Waals surface area contributed by atoms with E-state index in [0.29, 0.717) is 40.9 Å². The minimum atomic E-state index is -0.617. The molecule has 0 radical (unpaired) electrons. The molecule has 10 heteroatoms. The lowest BCUT2D eigenvalue weighted by Crippen LogP contribution is -2.47. The number of amides is 1. The smallest absolute Gasteiger partial charge is 0.406 e. The lowest BCUT2D eigenvalue weighted by atomic mass is 9.90. The Morgan fingerprint density at radius 3 is 3.03 bits per heavy atom. The topological polar surface area (TPSA) is 118 Å². The summed E-state index contributed by atoms with van der Waals surface area (Å²) in [6, 6.07) is 4.33. The van der Waals surface area contributed by atoms with Crippen molar-refractivity contribution in [3.63, 3.8) is 0 Å². The normalized spacial score (nSPS) is 18.7. The van der Waals surface area contributed by atoms with E-state index in [1.54, 1.807) is 24.0 Å². The van der Waals surface area contributed by atoms with Gasteiger partial charge in [0.25, 0.3) is 0 Å². The van der Waals surface area contributed by atoms with Gasteiger partial charge in [0.05, 0.1) is 17.8 Å².